The summed E-state index contributed by atoms with van der Waals surface area (Å²) in [6.07, 6.45) is 0. The van der Waals surface area contributed by atoms with Crippen LogP contribution >= 0.6 is 0 Å². The van der Waals surface area contributed by atoms with Gasteiger partial charge in [-0.1, -0.05) is 30.3 Å². The summed E-state index contributed by atoms with van der Waals surface area (Å²) in [6.45, 7) is 1.64. The summed E-state index contributed by atoms with van der Waals surface area (Å²) in [7, 11) is 0. The molecule has 0 radical (unpaired) electrons. The van der Waals surface area contributed by atoms with Crippen molar-refractivity contribution in [2.75, 3.05) is 11.9 Å². The van der Waals surface area contributed by atoms with Crippen molar-refractivity contribution in [1.29, 1.82) is 0 Å². The summed E-state index contributed by atoms with van der Waals surface area (Å²) in [4.78, 5) is 10.4. The first-order valence-electron chi connectivity index (χ1n) is 6.29. The lowest BCUT2D eigenvalue weighted by Gasteiger charge is -2.18. The number of aliphatic hydroxyl groups excluding tert-OH is 1. The second kappa shape index (κ2) is 6.16. The Morgan fingerprint density at radius 3 is 2.50 bits per heavy atom. The van der Waals surface area contributed by atoms with E-state index in [4.69, 9.17) is 0 Å². The maximum atomic E-state index is 10.8. The summed E-state index contributed by atoms with van der Waals surface area (Å²) < 4.78 is 0. The van der Waals surface area contributed by atoms with E-state index >= 15 is 0 Å². The lowest BCUT2D eigenvalue weighted by Crippen LogP contribution is -2.14. The van der Waals surface area contributed by atoms with Gasteiger partial charge in [0.05, 0.1) is 17.6 Å². The lowest BCUT2D eigenvalue weighted by molar-refractivity contribution is -0.385. The van der Waals surface area contributed by atoms with Crippen LogP contribution in [0.3, 0.4) is 0 Å². The van der Waals surface area contributed by atoms with Crippen LogP contribution in [0.5, 0.6) is 0 Å². The van der Waals surface area contributed by atoms with Crippen molar-refractivity contribution in [1.82, 2.24) is 0 Å². The first kappa shape index (κ1) is 14.0. The van der Waals surface area contributed by atoms with Gasteiger partial charge in [-0.2, -0.15) is 0 Å². The lowest BCUT2D eigenvalue weighted by atomic mass is 10.1. The summed E-state index contributed by atoms with van der Waals surface area (Å²) >= 11 is 0. The Bertz CT molecular complexity index is 599. The summed E-state index contributed by atoms with van der Waals surface area (Å²) in [6, 6.07) is 14.2. The monoisotopic (exact) mass is 272 g/mol. The molecule has 104 valence electrons. The number of aliphatic hydroxyl groups is 1. The number of nitro benzene ring substituents is 1. The van der Waals surface area contributed by atoms with Crippen molar-refractivity contribution in [2.24, 2.45) is 0 Å². The summed E-state index contributed by atoms with van der Waals surface area (Å²) in [5, 5.41) is 23.4. The van der Waals surface area contributed by atoms with E-state index in [0.29, 0.717) is 5.56 Å². The number of nitrogens with zero attached hydrogens (tertiary/aromatic N) is 1. The zero-order chi connectivity index (χ0) is 14.5. The van der Waals surface area contributed by atoms with E-state index in [1.54, 1.807) is 19.1 Å². The van der Waals surface area contributed by atoms with Crippen LogP contribution < -0.4 is 5.32 Å². The minimum atomic E-state index is -0.403. The maximum absolute atomic E-state index is 10.8. The Kier molecular flexibility index (Phi) is 4.32. The number of anilines is 1. The number of hydrogen-bond acceptors (Lipinski definition) is 4. The highest BCUT2D eigenvalue weighted by atomic mass is 16.6. The van der Waals surface area contributed by atoms with Crippen LogP contribution in [-0.4, -0.2) is 16.6 Å². The fraction of sp³-hybridized carbons (Fsp3) is 0.200. The average Bonchev–Trinajstić information content (AvgIpc) is 2.45. The van der Waals surface area contributed by atoms with Gasteiger partial charge in [0.15, 0.2) is 0 Å². The number of aryl methyl sites for hydroxylation is 1. The van der Waals surface area contributed by atoms with Crippen molar-refractivity contribution < 1.29 is 10.0 Å². The normalized spacial score (nSPS) is 11.9. The second-order valence-electron chi connectivity index (χ2n) is 4.55. The highest BCUT2D eigenvalue weighted by molar-refractivity contribution is 5.54. The van der Waals surface area contributed by atoms with Gasteiger partial charge in [0.2, 0.25) is 0 Å². The SMILES string of the molecule is Cc1cc(NC(CO)c2ccccc2)ccc1[N+](=O)[O-]. The number of benzene rings is 2. The van der Waals surface area contributed by atoms with Crippen LogP contribution in [0.1, 0.15) is 17.2 Å². The van der Waals surface area contributed by atoms with Crippen LogP contribution in [-0.2, 0) is 0 Å². The third-order valence-corrected chi connectivity index (χ3v) is 3.12. The van der Waals surface area contributed by atoms with Crippen molar-refractivity contribution in [3.8, 4) is 0 Å². The van der Waals surface area contributed by atoms with Crippen molar-refractivity contribution >= 4 is 11.4 Å². The van der Waals surface area contributed by atoms with Gasteiger partial charge in [-0.05, 0) is 24.6 Å². The molecule has 0 heterocycles. The number of nitrogens with one attached hydrogen (secondary N) is 1. The van der Waals surface area contributed by atoms with E-state index < -0.39 is 4.92 Å². The molecule has 0 aliphatic rings. The van der Waals surface area contributed by atoms with Gasteiger partial charge in [-0.3, -0.25) is 10.1 Å². The van der Waals surface area contributed by atoms with Crippen molar-refractivity contribution in [3.63, 3.8) is 0 Å². The second-order valence-corrected chi connectivity index (χ2v) is 4.55. The highest BCUT2D eigenvalue weighted by Crippen LogP contribution is 2.24. The predicted molar refractivity (Wildman–Crippen MR) is 77.7 cm³/mol. The Morgan fingerprint density at radius 1 is 1.25 bits per heavy atom. The summed E-state index contributed by atoms with van der Waals surface area (Å²) in [5.74, 6) is 0. The van der Waals surface area contributed by atoms with Gasteiger partial charge in [-0.15, -0.1) is 0 Å². The average molecular weight is 272 g/mol. The van der Waals surface area contributed by atoms with Gasteiger partial charge in [0, 0.05) is 17.3 Å². The molecule has 1 atom stereocenters. The Morgan fingerprint density at radius 2 is 1.95 bits per heavy atom. The molecule has 2 aromatic rings. The molecule has 0 bridgehead atoms. The molecule has 0 aliphatic heterocycles. The van der Waals surface area contributed by atoms with Gasteiger partial charge >= 0.3 is 0 Å². The van der Waals surface area contributed by atoms with Gasteiger partial charge in [0.25, 0.3) is 5.69 Å². The third-order valence-electron chi connectivity index (χ3n) is 3.12. The van der Waals surface area contributed by atoms with E-state index in [2.05, 4.69) is 5.32 Å². The quantitative estimate of drug-likeness (QED) is 0.648. The molecule has 2 N–H and O–H groups in total. The number of hydrogen-bond donors (Lipinski definition) is 2. The third kappa shape index (κ3) is 3.13. The van der Waals surface area contributed by atoms with Crippen LogP contribution in [0, 0.1) is 17.0 Å². The van der Waals surface area contributed by atoms with Crippen LogP contribution in [0.15, 0.2) is 48.5 Å². The van der Waals surface area contributed by atoms with Crippen molar-refractivity contribution in [3.05, 3.63) is 69.8 Å². The van der Waals surface area contributed by atoms with Gasteiger partial charge in [0.1, 0.15) is 0 Å². The Balaban J connectivity index is 2.20. The molecule has 20 heavy (non-hydrogen) atoms. The van der Waals surface area contributed by atoms with Gasteiger partial charge in [-0.25, -0.2) is 0 Å². The van der Waals surface area contributed by atoms with E-state index in [1.807, 2.05) is 30.3 Å². The predicted octanol–water partition coefficient (Wildman–Crippen LogP) is 3.05. The zero-order valence-electron chi connectivity index (χ0n) is 11.1. The summed E-state index contributed by atoms with van der Waals surface area (Å²) in [5.41, 5.74) is 2.39. The molecule has 2 rings (SSSR count). The topological polar surface area (TPSA) is 75.4 Å². The van der Waals surface area contributed by atoms with Crippen LogP contribution in [0.2, 0.25) is 0 Å². The van der Waals surface area contributed by atoms with Crippen LogP contribution in [0.4, 0.5) is 11.4 Å². The molecular formula is C15H16N2O3. The molecule has 0 fully saturated rings. The molecule has 0 aliphatic carbocycles. The Labute approximate surface area is 117 Å². The fourth-order valence-electron chi connectivity index (χ4n) is 2.07. The molecule has 2 aromatic carbocycles. The van der Waals surface area contributed by atoms with Gasteiger partial charge < -0.3 is 10.4 Å². The molecule has 5 nitrogen and oxygen atoms in total. The zero-order valence-corrected chi connectivity index (χ0v) is 11.1. The minimum Gasteiger partial charge on any atom is -0.394 e. The van der Waals surface area contributed by atoms with Crippen molar-refractivity contribution in [2.45, 2.75) is 13.0 Å². The van der Waals surface area contributed by atoms with E-state index in [1.165, 1.54) is 6.07 Å². The van der Waals surface area contributed by atoms with E-state index in [9.17, 15) is 15.2 Å². The minimum absolute atomic E-state index is 0.0555. The number of rotatable bonds is 5. The maximum Gasteiger partial charge on any atom is 0.272 e. The fourth-order valence-corrected chi connectivity index (χ4v) is 2.07. The van der Waals surface area contributed by atoms with E-state index in [-0.39, 0.29) is 18.3 Å². The highest BCUT2D eigenvalue weighted by Gasteiger charge is 2.13. The molecular weight excluding hydrogens is 256 g/mol. The Hall–Kier alpha value is -2.40. The first-order valence-corrected chi connectivity index (χ1v) is 6.29. The van der Waals surface area contributed by atoms with E-state index in [0.717, 1.165) is 11.3 Å². The standard InChI is InChI=1S/C15H16N2O3/c1-11-9-13(7-8-15(11)17(19)20)16-14(10-18)12-5-3-2-4-6-12/h2-9,14,16,18H,10H2,1H3. The molecule has 0 spiro atoms. The molecule has 0 saturated carbocycles. The molecule has 0 saturated heterocycles. The molecule has 1 unspecified atom stereocenters. The molecule has 5 heteroatoms. The smallest absolute Gasteiger partial charge is 0.272 e. The largest absolute Gasteiger partial charge is 0.394 e. The molecule has 0 aromatic heterocycles. The van der Waals surface area contributed by atoms with Crippen LogP contribution in [0.25, 0.3) is 0 Å². The molecule has 0 amide bonds. The number of nitro groups is 1. The first-order chi connectivity index (χ1) is 9.61.